The van der Waals surface area contributed by atoms with E-state index in [0.717, 1.165) is 16.1 Å². The van der Waals surface area contributed by atoms with Gasteiger partial charge in [0.15, 0.2) is 0 Å². The lowest BCUT2D eigenvalue weighted by molar-refractivity contribution is 0.0946. The summed E-state index contributed by atoms with van der Waals surface area (Å²) in [6.07, 6.45) is 3.41. The molecule has 100 valence electrons. The van der Waals surface area contributed by atoms with Crippen LogP contribution < -0.4 is 5.32 Å². The van der Waals surface area contributed by atoms with E-state index in [2.05, 4.69) is 15.3 Å². The first-order valence-corrected chi connectivity index (χ1v) is 7.80. The molecule has 0 fully saturated rings. The summed E-state index contributed by atoms with van der Waals surface area (Å²) in [4.78, 5) is 20.3. The lowest BCUT2D eigenvalue weighted by Crippen LogP contribution is -2.23. The molecule has 0 aliphatic carbocycles. The third-order valence-electron chi connectivity index (χ3n) is 2.71. The Balaban J connectivity index is 1.66. The monoisotopic (exact) mass is 301 g/mol. The Morgan fingerprint density at radius 3 is 2.80 bits per heavy atom. The third-order valence-corrected chi connectivity index (χ3v) is 4.28. The Kier molecular flexibility index (Phi) is 3.85. The summed E-state index contributed by atoms with van der Waals surface area (Å²) in [5.74, 6) is -0.153. The van der Waals surface area contributed by atoms with Crippen LogP contribution in [0.15, 0.2) is 46.7 Å². The van der Waals surface area contributed by atoms with Crippen molar-refractivity contribution in [1.82, 2.24) is 15.3 Å². The molecule has 4 nitrogen and oxygen atoms in total. The van der Waals surface area contributed by atoms with E-state index in [0.29, 0.717) is 12.2 Å². The van der Waals surface area contributed by atoms with Crippen LogP contribution >= 0.6 is 22.7 Å². The molecule has 3 aromatic rings. The quantitative estimate of drug-likeness (QED) is 0.805. The molecule has 3 aromatic heterocycles. The van der Waals surface area contributed by atoms with Crippen molar-refractivity contribution in [2.75, 3.05) is 0 Å². The predicted molar refractivity (Wildman–Crippen MR) is 80.8 cm³/mol. The lowest BCUT2D eigenvalue weighted by atomic mass is 10.2. The maximum absolute atomic E-state index is 12.0. The van der Waals surface area contributed by atoms with Gasteiger partial charge in [-0.3, -0.25) is 9.78 Å². The Hall–Kier alpha value is -2.05. The van der Waals surface area contributed by atoms with E-state index in [-0.39, 0.29) is 5.91 Å². The molecule has 1 N–H and O–H groups in total. The largest absolute Gasteiger partial charge is 0.347 e. The van der Waals surface area contributed by atoms with Gasteiger partial charge in [-0.15, -0.1) is 11.3 Å². The number of rotatable bonds is 4. The zero-order valence-electron chi connectivity index (χ0n) is 10.4. The fourth-order valence-electron chi connectivity index (χ4n) is 1.67. The molecule has 0 radical (unpaired) electrons. The van der Waals surface area contributed by atoms with Crippen molar-refractivity contribution in [1.29, 1.82) is 0 Å². The van der Waals surface area contributed by atoms with Gasteiger partial charge in [0.05, 0.1) is 0 Å². The topological polar surface area (TPSA) is 54.9 Å². The van der Waals surface area contributed by atoms with Gasteiger partial charge < -0.3 is 5.32 Å². The summed E-state index contributed by atoms with van der Waals surface area (Å²) in [5.41, 5.74) is 2.54. The van der Waals surface area contributed by atoms with E-state index in [1.807, 2.05) is 29.0 Å². The Morgan fingerprint density at radius 2 is 2.05 bits per heavy atom. The van der Waals surface area contributed by atoms with Crippen LogP contribution in [-0.2, 0) is 6.54 Å². The van der Waals surface area contributed by atoms with Crippen LogP contribution in [0.4, 0.5) is 0 Å². The summed E-state index contributed by atoms with van der Waals surface area (Å²) < 4.78 is 0. The number of hydrogen-bond acceptors (Lipinski definition) is 5. The second-order valence-corrected chi connectivity index (χ2v) is 5.73. The van der Waals surface area contributed by atoms with E-state index in [1.165, 1.54) is 11.3 Å². The Labute approximate surface area is 124 Å². The fourth-order valence-corrected chi connectivity index (χ4v) is 3.18. The molecule has 0 atom stereocenters. The highest BCUT2D eigenvalue weighted by Gasteiger charge is 2.11. The molecule has 3 heterocycles. The Bertz CT molecular complexity index is 692. The molecule has 0 bridgehead atoms. The number of thiazole rings is 1. The normalized spacial score (nSPS) is 10.4. The first-order chi connectivity index (χ1) is 9.83. The standard InChI is InChI=1S/C14H11N3OS2/c18-13(16-7-10-1-4-15-5-2-10)12-9-20-14(17-12)11-3-6-19-8-11/h1-6,8-9H,7H2,(H,16,18). The summed E-state index contributed by atoms with van der Waals surface area (Å²) >= 11 is 3.10. The molecule has 0 saturated heterocycles. The van der Waals surface area contributed by atoms with Crippen molar-refractivity contribution in [3.8, 4) is 10.6 Å². The maximum atomic E-state index is 12.0. The van der Waals surface area contributed by atoms with Crippen molar-refractivity contribution in [2.24, 2.45) is 0 Å². The van der Waals surface area contributed by atoms with Crippen molar-refractivity contribution in [3.63, 3.8) is 0 Å². The van der Waals surface area contributed by atoms with Crippen molar-refractivity contribution in [3.05, 3.63) is 58.0 Å². The minimum atomic E-state index is -0.153. The van der Waals surface area contributed by atoms with Crippen molar-refractivity contribution < 1.29 is 4.79 Å². The molecule has 1 amide bonds. The van der Waals surface area contributed by atoms with Gasteiger partial charge in [0.1, 0.15) is 10.7 Å². The average molecular weight is 301 g/mol. The third kappa shape index (κ3) is 2.92. The minimum Gasteiger partial charge on any atom is -0.347 e. The minimum absolute atomic E-state index is 0.153. The molecule has 0 aliphatic heterocycles. The van der Waals surface area contributed by atoms with Crippen LogP contribution in [0.2, 0.25) is 0 Å². The predicted octanol–water partition coefficient (Wildman–Crippen LogP) is 3.20. The van der Waals surface area contributed by atoms with Gasteiger partial charge in [0.2, 0.25) is 0 Å². The van der Waals surface area contributed by atoms with E-state index >= 15 is 0 Å². The highest BCUT2D eigenvalue weighted by molar-refractivity contribution is 7.14. The average Bonchev–Trinajstić information content (AvgIpc) is 3.16. The highest BCUT2D eigenvalue weighted by atomic mass is 32.1. The van der Waals surface area contributed by atoms with Gasteiger partial charge in [-0.05, 0) is 29.1 Å². The number of nitrogens with zero attached hydrogens (tertiary/aromatic N) is 2. The second kappa shape index (κ2) is 5.94. The van der Waals surface area contributed by atoms with Crippen LogP contribution in [0, 0.1) is 0 Å². The Morgan fingerprint density at radius 1 is 1.20 bits per heavy atom. The molecular formula is C14H11N3OS2. The zero-order chi connectivity index (χ0) is 13.8. The van der Waals surface area contributed by atoms with Crippen LogP contribution in [-0.4, -0.2) is 15.9 Å². The smallest absolute Gasteiger partial charge is 0.271 e. The number of carbonyl (C=O) groups excluding carboxylic acids is 1. The van der Waals surface area contributed by atoms with E-state index < -0.39 is 0 Å². The van der Waals surface area contributed by atoms with E-state index in [9.17, 15) is 4.79 Å². The molecule has 0 aliphatic rings. The number of pyridine rings is 1. The summed E-state index contributed by atoms with van der Waals surface area (Å²) in [5, 5.41) is 9.54. The second-order valence-electron chi connectivity index (χ2n) is 4.09. The molecular weight excluding hydrogens is 290 g/mol. The fraction of sp³-hybridized carbons (Fsp3) is 0.0714. The van der Waals surface area contributed by atoms with Crippen LogP contribution in [0.25, 0.3) is 10.6 Å². The van der Waals surface area contributed by atoms with Crippen molar-refractivity contribution in [2.45, 2.75) is 6.54 Å². The van der Waals surface area contributed by atoms with Gasteiger partial charge in [-0.1, -0.05) is 0 Å². The molecule has 0 aromatic carbocycles. The van der Waals surface area contributed by atoms with Crippen LogP contribution in [0.1, 0.15) is 16.1 Å². The SMILES string of the molecule is O=C(NCc1ccncc1)c1csc(-c2ccsc2)n1. The summed E-state index contributed by atoms with van der Waals surface area (Å²) in [7, 11) is 0. The van der Waals surface area contributed by atoms with Gasteiger partial charge >= 0.3 is 0 Å². The van der Waals surface area contributed by atoms with E-state index in [4.69, 9.17) is 0 Å². The van der Waals surface area contributed by atoms with Crippen molar-refractivity contribution >= 4 is 28.6 Å². The van der Waals surface area contributed by atoms with Gasteiger partial charge in [0, 0.05) is 35.3 Å². The molecule has 20 heavy (non-hydrogen) atoms. The van der Waals surface area contributed by atoms with Gasteiger partial charge in [-0.2, -0.15) is 11.3 Å². The molecule has 6 heteroatoms. The van der Waals surface area contributed by atoms with Crippen LogP contribution in [0.3, 0.4) is 0 Å². The molecule has 0 saturated carbocycles. The summed E-state index contributed by atoms with van der Waals surface area (Å²) in [6.45, 7) is 0.479. The molecule has 0 unspecified atom stereocenters. The number of carbonyl (C=O) groups is 1. The first-order valence-electron chi connectivity index (χ1n) is 5.98. The molecule has 0 spiro atoms. The number of hydrogen-bond donors (Lipinski definition) is 1. The summed E-state index contributed by atoms with van der Waals surface area (Å²) in [6, 6.07) is 5.75. The highest BCUT2D eigenvalue weighted by Crippen LogP contribution is 2.25. The number of amides is 1. The number of aromatic nitrogens is 2. The first kappa shape index (κ1) is 13.0. The maximum Gasteiger partial charge on any atom is 0.271 e. The number of nitrogens with one attached hydrogen (secondary N) is 1. The van der Waals surface area contributed by atoms with Gasteiger partial charge in [0.25, 0.3) is 5.91 Å². The number of thiophene rings is 1. The van der Waals surface area contributed by atoms with E-state index in [1.54, 1.807) is 29.1 Å². The van der Waals surface area contributed by atoms with Gasteiger partial charge in [-0.25, -0.2) is 4.98 Å². The zero-order valence-corrected chi connectivity index (χ0v) is 12.1. The van der Waals surface area contributed by atoms with Crippen LogP contribution in [0.5, 0.6) is 0 Å². The molecule has 3 rings (SSSR count). The lowest BCUT2D eigenvalue weighted by Gasteiger charge is -2.02.